The van der Waals surface area contributed by atoms with E-state index in [1.807, 2.05) is 11.9 Å². The molecule has 8 heteroatoms. The normalized spacial score (nSPS) is 21.0. The lowest BCUT2D eigenvalue weighted by Gasteiger charge is -2.26. The van der Waals surface area contributed by atoms with Crippen molar-refractivity contribution in [3.63, 3.8) is 0 Å². The van der Waals surface area contributed by atoms with Gasteiger partial charge in [0, 0.05) is 18.9 Å². The number of anilines is 1. The van der Waals surface area contributed by atoms with Gasteiger partial charge in [-0.3, -0.25) is 9.69 Å². The van der Waals surface area contributed by atoms with E-state index in [4.69, 9.17) is 5.73 Å². The Labute approximate surface area is 137 Å². The molecule has 126 valence electrons. The van der Waals surface area contributed by atoms with Gasteiger partial charge in [-0.1, -0.05) is 6.07 Å². The largest absolute Gasteiger partial charge is 0.382 e. The van der Waals surface area contributed by atoms with Gasteiger partial charge in [0.2, 0.25) is 0 Å². The molecule has 1 aromatic carbocycles. The highest BCUT2D eigenvalue weighted by Gasteiger charge is 2.35. The molecule has 0 spiro atoms. The van der Waals surface area contributed by atoms with Crippen LogP contribution in [0.25, 0.3) is 0 Å². The number of carbonyl (C=O) groups excluding carboxylic acids is 1. The third-order valence-corrected chi connectivity index (χ3v) is 4.19. The summed E-state index contributed by atoms with van der Waals surface area (Å²) >= 11 is 0. The Bertz CT molecular complexity index is 770. The lowest BCUT2D eigenvalue weighted by Crippen LogP contribution is -2.39. The van der Waals surface area contributed by atoms with E-state index in [-0.39, 0.29) is 23.6 Å². The Kier molecular flexibility index (Phi) is 4.39. The minimum atomic E-state index is -0.906. The summed E-state index contributed by atoms with van der Waals surface area (Å²) in [7, 11) is 1.87. The number of halogens is 2. The monoisotopic (exact) mass is 333 g/mol. The van der Waals surface area contributed by atoms with Crippen LogP contribution in [0.3, 0.4) is 0 Å². The molecule has 0 radical (unpaired) electrons. The summed E-state index contributed by atoms with van der Waals surface area (Å²) in [6.45, 7) is 0.713. The van der Waals surface area contributed by atoms with Crippen LogP contribution >= 0.6 is 0 Å². The maximum Gasteiger partial charge on any atom is 0.274 e. The molecule has 1 saturated heterocycles. The van der Waals surface area contributed by atoms with Crippen LogP contribution < -0.4 is 11.1 Å². The number of likely N-dealkylation sites (N-methyl/N-ethyl adjacent to an activating group) is 1. The Morgan fingerprint density at radius 2 is 2.04 bits per heavy atom. The van der Waals surface area contributed by atoms with Crippen molar-refractivity contribution in [3.05, 3.63) is 53.5 Å². The molecule has 1 aliphatic heterocycles. The molecule has 1 aromatic heterocycles. The van der Waals surface area contributed by atoms with E-state index in [1.165, 1.54) is 18.5 Å². The number of carbonyl (C=O) groups is 1. The molecule has 6 nitrogen and oxygen atoms in total. The van der Waals surface area contributed by atoms with E-state index in [0.717, 1.165) is 12.1 Å². The molecule has 3 N–H and O–H groups in total. The standard InChI is InChI=1S/C16H17F2N5O/c1-23-7-4-12(14(23)9-2-3-10(17)11(18)8-9)22-16(24)13-15(19)21-6-5-20-13/h2-3,5-6,8,12,14H,4,7H2,1H3,(H2,19,21)(H,22,24)/t12-,14-/m1/s1. The molecule has 1 amide bonds. The first-order valence-electron chi connectivity index (χ1n) is 7.50. The summed E-state index contributed by atoms with van der Waals surface area (Å²) in [4.78, 5) is 22.1. The fourth-order valence-corrected chi connectivity index (χ4v) is 3.04. The second-order valence-corrected chi connectivity index (χ2v) is 5.76. The molecule has 2 atom stereocenters. The van der Waals surface area contributed by atoms with Crippen molar-refractivity contribution < 1.29 is 13.6 Å². The zero-order chi connectivity index (χ0) is 17.3. The molecule has 0 aliphatic carbocycles. The van der Waals surface area contributed by atoms with E-state index in [1.54, 1.807) is 0 Å². The maximum atomic E-state index is 13.6. The summed E-state index contributed by atoms with van der Waals surface area (Å²) in [5.74, 6) is -2.19. The Hall–Kier alpha value is -2.61. The summed E-state index contributed by atoms with van der Waals surface area (Å²) < 4.78 is 26.7. The number of hydrogen-bond acceptors (Lipinski definition) is 5. The number of likely N-dealkylation sites (tertiary alicyclic amines) is 1. The number of nitrogens with zero attached hydrogens (tertiary/aromatic N) is 3. The van der Waals surface area contributed by atoms with E-state index in [9.17, 15) is 13.6 Å². The van der Waals surface area contributed by atoms with E-state index < -0.39 is 17.5 Å². The Balaban J connectivity index is 1.83. The SMILES string of the molecule is CN1CC[C@@H](NC(=O)c2nccnc2N)[C@H]1c1ccc(F)c(F)c1. The number of nitrogen functional groups attached to an aromatic ring is 1. The lowest BCUT2D eigenvalue weighted by atomic mass is 9.99. The van der Waals surface area contributed by atoms with Gasteiger partial charge in [-0.2, -0.15) is 0 Å². The smallest absolute Gasteiger partial charge is 0.274 e. The molecular weight excluding hydrogens is 316 g/mol. The second-order valence-electron chi connectivity index (χ2n) is 5.76. The molecule has 0 unspecified atom stereocenters. The third-order valence-electron chi connectivity index (χ3n) is 4.19. The Morgan fingerprint density at radius 1 is 1.29 bits per heavy atom. The van der Waals surface area contributed by atoms with Crippen LogP contribution in [0.1, 0.15) is 28.5 Å². The zero-order valence-electron chi connectivity index (χ0n) is 13.0. The first-order valence-corrected chi connectivity index (χ1v) is 7.50. The minimum absolute atomic E-state index is 0.0470. The number of amides is 1. The number of nitrogens with two attached hydrogens (primary N) is 1. The van der Waals surface area contributed by atoms with Crippen molar-refractivity contribution in [1.29, 1.82) is 0 Å². The highest BCUT2D eigenvalue weighted by atomic mass is 19.2. The second kappa shape index (κ2) is 6.48. The summed E-state index contributed by atoms with van der Waals surface area (Å²) in [5, 5.41) is 2.87. The van der Waals surface area contributed by atoms with E-state index in [0.29, 0.717) is 18.5 Å². The van der Waals surface area contributed by atoms with Gasteiger partial charge in [-0.05, 0) is 31.2 Å². The number of hydrogen-bond donors (Lipinski definition) is 2. The predicted molar refractivity (Wildman–Crippen MR) is 84.0 cm³/mol. The quantitative estimate of drug-likeness (QED) is 0.889. The van der Waals surface area contributed by atoms with Crippen molar-refractivity contribution in [2.45, 2.75) is 18.5 Å². The fraction of sp³-hybridized carbons (Fsp3) is 0.312. The Morgan fingerprint density at radius 3 is 2.75 bits per heavy atom. The lowest BCUT2D eigenvalue weighted by molar-refractivity contribution is 0.0923. The van der Waals surface area contributed by atoms with Gasteiger partial charge in [0.1, 0.15) is 0 Å². The van der Waals surface area contributed by atoms with E-state index in [2.05, 4.69) is 15.3 Å². The zero-order valence-corrected chi connectivity index (χ0v) is 13.0. The number of aromatic nitrogens is 2. The van der Waals surface area contributed by atoms with Gasteiger partial charge in [-0.25, -0.2) is 18.7 Å². The van der Waals surface area contributed by atoms with E-state index >= 15 is 0 Å². The van der Waals surface area contributed by atoms with Crippen molar-refractivity contribution in [3.8, 4) is 0 Å². The number of benzene rings is 1. The highest BCUT2D eigenvalue weighted by Crippen LogP contribution is 2.32. The number of rotatable bonds is 3. The summed E-state index contributed by atoms with van der Waals surface area (Å²) in [6, 6.07) is 3.25. The molecule has 24 heavy (non-hydrogen) atoms. The summed E-state index contributed by atoms with van der Waals surface area (Å²) in [5.41, 5.74) is 6.32. The molecule has 2 aromatic rings. The maximum absolute atomic E-state index is 13.6. The molecule has 2 heterocycles. The molecular formula is C16H17F2N5O. The van der Waals surface area contributed by atoms with Crippen LogP contribution in [0.2, 0.25) is 0 Å². The average molecular weight is 333 g/mol. The van der Waals surface area contributed by atoms with Gasteiger partial charge < -0.3 is 11.1 Å². The van der Waals surface area contributed by atoms with Gasteiger partial charge >= 0.3 is 0 Å². The first-order chi connectivity index (χ1) is 11.5. The van der Waals surface area contributed by atoms with Gasteiger partial charge in [-0.15, -0.1) is 0 Å². The third kappa shape index (κ3) is 3.05. The van der Waals surface area contributed by atoms with Crippen LogP contribution in [-0.4, -0.2) is 40.4 Å². The molecule has 0 saturated carbocycles. The molecule has 1 aliphatic rings. The number of nitrogens with one attached hydrogen (secondary N) is 1. The average Bonchev–Trinajstić information content (AvgIpc) is 2.91. The molecule has 3 rings (SSSR count). The molecule has 1 fully saturated rings. The van der Waals surface area contributed by atoms with Crippen molar-refractivity contribution in [2.24, 2.45) is 0 Å². The first kappa shape index (κ1) is 16.3. The topological polar surface area (TPSA) is 84.1 Å². The van der Waals surface area contributed by atoms with Crippen LogP contribution in [0.5, 0.6) is 0 Å². The minimum Gasteiger partial charge on any atom is -0.382 e. The van der Waals surface area contributed by atoms with Crippen LogP contribution in [0.4, 0.5) is 14.6 Å². The van der Waals surface area contributed by atoms with Gasteiger partial charge in [0.05, 0.1) is 12.1 Å². The summed E-state index contributed by atoms with van der Waals surface area (Å²) in [6.07, 6.45) is 3.46. The molecule has 0 bridgehead atoms. The van der Waals surface area contributed by atoms with Gasteiger partial charge in [0.15, 0.2) is 23.1 Å². The van der Waals surface area contributed by atoms with Crippen molar-refractivity contribution in [2.75, 3.05) is 19.3 Å². The van der Waals surface area contributed by atoms with Crippen molar-refractivity contribution >= 4 is 11.7 Å². The van der Waals surface area contributed by atoms with Crippen molar-refractivity contribution in [1.82, 2.24) is 20.2 Å². The van der Waals surface area contributed by atoms with Crippen LogP contribution in [0.15, 0.2) is 30.6 Å². The van der Waals surface area contributed by atoms with Gasteiger partial charge in [0.25, 0.3) is 5.91 Å². The predicted octanol–water partition coefficient (Wildman–Crippen LogP) is 1.51. The van der Waals surface area contributed by atoms with Crippen LogP contribution in [-0.2, 0) is 0 Å². The highest BCUT2D eigenvalue weighted by molar-refractivity contribution is 5.96. The van der Waals surface area contributed by atoms with Crippen LogP contribution in [0, 0.1) is 11.6 Å². The fourth-order valence-electron chi connectivity index (χ4n) is 3.04.